The minimum absolute atomic E-state index is 0.189. The van der Waals surface area contributed by atoms with Crippen molar-refractivity contribution in [3.8, 4) is 0 Å². The van der Waals surface area contributed by atoms with Gasteiger partial charge >= 0.3 is 0 Å². The number of para-hydroxylation sites is 1. The van der Waals surface area contributed by atoms with Gasteiger partial charge in [-0.15, -0.1) is 0 Å². The van der Waals surface area contributed by atoms with Crippen LogP contribution >= 0.6 is 12.2 Å². The Balaban J connectivity index is 2.38. The van der Waals surface area contributed by atoms with E-state index in [2.05, 4.69) is 5.32 Å². The molecule has 1 atom stereocenters. The first-order chi connectivity index (χ1) is 7.82. The molecular formula is C13H18N2OS. The molecule has 0 saturated carbocycles. The van der Waals surface area contributed by atoms with Crippen molar-refractivity contribution in [2.75, 3.05) is 4.90 Å². The lowest BCUT2D eigenvalue weighted by molar-refractivity contribution is 0.0278. The first kappa shape index (κ1) is 12.3. The normalized spacial score (nSPS) is 27.8. The molecule has 92 valence electrons. The van der Waals surface area contributed by atoms with Crippen LogP contribution in [0.2, 0.25) is 0 Å². The van der Waals surface area contributed by atoms with Crippen molar-refractivity contribution in [2.45, 2.75) is 38.5 Å². The molecule has 0 radical (unpaired) electrons. The number of nitrogens with zero attached hydrogens (tertiary/aromatic N) is 1. The van der Waals surface area contributed by atoms with Crippen LogP contribution in [0.4, 0.5) is 5.69 Å². The van der Waals surface area contributed by atoms with Crippen molar-refractivity contribution in [1.29, 1.82) is 0 Å². The third-order valence-electron chi connectivity index (χ3n) is 2.92. The molecule has 4 heteroatoms. The highest BCUT2D eigenvalue weighted by Gasteiger charge is 2.43. The smallest absolute Gasteiger partial charge is 0.176 e. The monoisotopic (exact) mass is 250 g/mol. The van der Waals surface area contributed by atoms with Crippen molar-refractivity contribution >= 4 is 23.0 Å². The third kappa shape index (κ3) is 2.42. The van der Waals surface area contributed by atoms with E-state index in [0.717, 1.165) is 5.69 Å². The second-order valence-electron chi connectivity index (χ2n) is 5.38. The maximum atomic E-state index is 10.6. The van der Waals surface area contributed by atoms with Crippen molar-refractivity contribution in [3.05, 3.63) is 30.3 Å². The Bertz CT molecular complexity index is 428. The Morgan fingerprint density at radius 1 is 1.24 bits per heavy atom. The zero-order valence-corrected chi connectivity index (χ0v) is 11.2. The molecule has 1 heterocycles. The number of hydrogen-bond acceptors (Lipinski definition) is 2. The van der Waals surface area contributed by atoms with Crippen LogP contribution in [0.1, 0.15) is 27.2 Å². The molecule has 1 aliphatic heterocycles. The van der Waals surface area contributed by atoms with Crippen LogP contribution in [0.3, 0.4) is 0 Å². The molecule has 3 nitrogen and oxygen atoms in total. The standard InChI is InChI=1S/C13H18N2OS/c1-12(2)9-13(3,16)15(11(17)14-12)10-7-5-4-6-8-10/h4-8,16H,9H2,1-3H3,(H,14,17). The minimum Gasteiger partial charge on any atom is -0.371 e. The largest absolute Gasteiger partial charge is 0.371 e. The molecule has 0 bridgehead atoms. The number of thiocarbonyl (C=S) groups is 1. The average Bonchev–Trinajstić information content (AvgIpc) is 2.14. The first-order valence-electron chi connectivity index (χ1n) is 5.72. The number of benzene rings is 1. The zero-order chi connectivity index (χ0) is 12.7. The molecular weight excluding hydrogens is 232 g/mol. The molecule has 2 N–H and O–H groups in total. The van der Waals surface area contributed by atoms with Gasteiger partial charge in [-0.2, -0.15) is 0 Å². The second-order valence-corrected chi connectivity index (χ2v) is 5.77. The Hall–Kier alpha value is -1.13. The average molecular weight is 250 g/mol. The Morgan fingerprint density at radius 3 is 2.35 bits per heavy atom. The quantitative estimate of drug-likeness (QED) is 0.750. The molecule has 1 aromatic carbocycles. The summed E-state index contributed by atoms with van der Waals surface area (Å²) in [7, 11) is 0. The SMILES string of the molecule is CC1(C)CC(C)(O)N(c2ccccc2)C(=S)N1. The molecule has 0 aliphatic carbocycles. The number of nitrogens with one attached hydrogen (secondary N) is 1. The van der Waals surface area contributed by atoms with E-state index in [4.69, 9.17) is 12.2 Å². The molecule has 2 rings (SSSR count). The van der Waals surface area contributed by atoms with Gasteiger partial charge in [0.1, 0.15) is 5.72 Å². The zero-order valence-electron chi connectivity index (χ0n) is 10.4. The summed E-state index contributed by atoms with van der Waals surface area (Å²) in [5, 5.41) is 14.4. The lowest BCUT2D eigenvalue weighted by atomic mass is 9.90. The first-order valence-corrected chi connectivity index (χ1v) is 6.12. The van der Waals surface area contributed by atoms with Gasteiger partial charge in [-0.3, -0.25) is 4.90 Å². The van der Waals surface area contributed by atoms with Crippen molar-refractivity contribution in [2.24, 2.45) is 0 Å². The topological polar surface area (TPSA) is 35.5 Å². The summed E-state index contributed by atoms with van der Waals surface area (Å²) in [6, 6.07) is 9.71. The summed E-state index contributed by atoms with van der Waals surface area (Å²) in [5.74, 6) is 0. The van der Waals surface area contributed by atoms with E-state index in [1.165, 1.54) is 0 Å². The summed E-state index contributed by atoms with van der Waals surface area (Å²) in [4.78, 5) is 1.77. The number of aliphatic hydroxyl groups is 1. The fourth-order valence-electron chi connectivity index (χ4n) is 2.50. The Labute approximate surface area is 107 Å². The lowest BCUT2D eigenvalue weighted by Gasteiger charge is -2.49. The van der Waals surface area contributed by atoms with Gasteiger partial charge < -0.3 is 10.4 Å². The Morgan fingerprint density at radius 2 is 1.82 bits per heavy atom. The van der Waals surface area contributed by atoms with Crippen LogP contribution < -0.4 is 10.2 Å². The summed E-state index contributed by atoms with van der Waals surface area (Å²) in [5.41, 5.74) is -0.246. The van der Waals surface area contributed by atoms with Gasteiger partial charge in [0.15, 0.2) is 5.11 Å². The van der Waals surface area contributed by atoms with E-state index in [1.807, 2.05) is 44.2 Å². The molecule has 1 aliphatic rings. The minimum atomic E-state index is -0.965. The highest BCUT2D eigenvalue weighted by Crippen LogP contribution is 2.33. The summed E-state index contributed by atoms with van der Waals surface area (Å²) >= 11 is 5.36. The highest BCUT2D eigenvalue weighted by atomic mass is 32.1. The van der Waals surface area contributed by atoms with Crippen molar-refractivity contribution < 1.29 is 5.11 Å². The summed E-state index contributed by atoms with van der Waals surface area (Å²) in [6.45, 7) is 5.88. The van der Waals surface area contributed by atoms with Crippen LogP contribution in [-0.4, -0.2) is 21.5 Å². The molecule has 1 unspecified atom stereocenters. The van der Waals surface area contributed by atoms with Crippen LogP contribution in [0.15, 0.2) is 30.3 Å². The van der Waals surface area contributed by atoms with Gasteiger partial charge in [-0.25, -0.2) is 0 Å². The Kier molecular flexibility index (Phi) is 2.87. The van der Waals surface area contributed by atoms with E-state index in [1.54, 1.807) is 11.8 Å². The van der Waals surface area contributed by atoms with E-state index in [9.17, 15) is 5.11 Å². The van der Waals surface area contributed by atoms with Gasteiger partial charge in [0.05, 0.1) is 0 Å². The summed E-state index contributed by atoms with van der Waals surface area (Å²) < 4.78 is 0. The van der Waals surface area contributed by atoms with Crippen LogP contribution in [0, 0.1) is 0 Å². The molecule has 1 aromatic rings. The third-order valence-corrected chi connectivity index (χ3v) is 3.21. The maximum Gasteiger partial charge on any atom is 0.176 e. The maximum absolute atomic E-state index is 10.6. The number of anilines is 1. The van der Waals surface area contributed by atoms with E-state index in [-0.39, 0.29) is 5.54 Å². The second kappa shape index (κ2) is 3.96. The molecule has 1 saturated heterocycles. The number of hydrogen-bond donors (Lipinski definition) is 2. The molecule has 0 spiro atoms. The predicted molar refractivity (Wildman–Crippen MR) is 74.0 cm³/mol. The van der Waals surface area contributed by atoms with Crippen LogP contribution in [-0.2, 0) is 0 Å². The van der Waals surface area contributed by atoms with Gasteiger partial charge in [-0.05, 0) is 45.1 Å². The fourth-order valence-corrected chi connectivity index (χ4v) is 3.08. The van der Waals surface area contributed by atoms with Gasteiger partial charge in [-0.1, -0.05) is 18.2 Å². The summed E-state index contributed by atoms with van der Waals surface area (Å²) in [6.07, 6.45) is 0.606. The molecule has 0 aromatic heterocycles. The molecule has 17 heavy (non-hydrogen) atoms. The lowest BCUT2D eigenvalue weighted by Crippen LogP contribution is -2.66. The van der Waals surface area contributed by atoms with Gasteiger partial charge in [0, 0.05) is 17.6 Å². The predicted octanol–water partition coefficient (Wildman–Crippen LogP) is 2.26. The molecule has 1 fully saturated rings. The van der Waals surface area contributed by atoms with Crippen LogP contribution in [0.5, 0.6) is 0 Å². The van der Waals surface area contributed by atoms with E-state index < -0.39 is 5.72 Å². The van der Waals surface area contributed by atoms with Crippen molar-refractivity contribution in [3.63, 3.8) is 0 Å². The van der Waals surface area contributed by atoms with Crippen molar-refractivity contribution in [1.82, 2.24) is 5.32 Å². The number of rotatable bonds is 1. The fraction of sp³-hybridized carbons (Fsp3) is 0.462. The highest BCUT2D eigenvalue weighted by molar-refractivity contribution is 7.80. The van der Waals surface area contributed by atoms with E-state index >= 15 is 0 Å². The van der Waals surface area contributed by atoms with Gasteiger partial charge in [0.25, 0.3) is 0 Å². The van der Waals surface area contributed by atoms with Crippen LogP contribution in [0.25, 0.3) is 0 Å². The molecule has 0 amide bonds. The van der Waals surface area contributed by atoms with E-state index in [0.29, 0.717) is 11.5 Å². The van der Waals surface area contributed by atoms with Gasteiger partial charge in [0.2, 0.25) is 0 Å².